The van der Waals surface area contributed by atoms with Crippen molar-refractivity contribution in [3.63, 3.8) is 0 Å². The molecule has 0 radical (unpaired) electrons. The summed E-state index contributed by atoms with van der Waals surface area (Å²) in [6.07, 6.45) is 7.93. The Morgan fingerprint density at radius 3 is 2.38 bits per heavy atom. The van der Waals surface area contributed by atoms with E-state index >= 15 is 0 Å². The average molecular weight is 170 g/mol. The number of hydrogen-bond acceptors (Lipinski definition) is 0. The van der Waals surface area contributed by atoms with Crippen LogP contribution in [-0.4, -0.2) is 0 Å². The average Bonchev–Trinajstić information content (AvgIpc) is 2.12. The van der Waals surface area contributed by atoms with E-state index < -0.39 is 0 Å². The van der Waals surface area contributed by atoms with Gasteiger partial charge in [0.1, 0.15) is 0 Å². The molecule has 2 rings (SSSR count). The van der Waals surface area contributed by atoms with Gasteiger partial charge >= 0.3 is 0 Å². The predicted molar refractivity (Wildman–Crippen MR) is 57.6 cm³/mol. The molecule has 0 aromatic heterocycles. The van der Waals surface area contributed by atoms with E-state index in [4.69, 9.17) is 0 Å². The normalized spacial score (nSPS) is 14.6. The molecule has 66 valence electrons. The summed E-state index contributed by atoms with van der Waals surface area (Å²) < 4.78 is 0. The molecule has 0 fully saturated rings. The zero-order valence-corrected chi connectivity index (χ0v) is 7.79. The fraction of sp³-hybridized carbons (Fsp3) is 0.231. The summed E-state index contributed by atoms with van der Waals surface area (Å²) in [5.74, 6) is 0. The van der Waals surface area contributed by atoms with Crippen LogP contribution in [0.25, 0.3) is 6.08 Å². The Hall–Kier alpha value is -1.30. The quantitative estimate of drug-likeness (QED) is 0.608. The molecule has 1 aromatic rings. The van der Waals surface area contributed by atoms with Gasteiger partial charge in [0.25, 0.3) is 0 Å². The summed E-state index contributed by atoms with van der Waals surface area (Å²) >= 11 is 0. The highest BCUT2D eigenvalue weighted by atomic mass is 14.1. The van der Waals surface area contributed by atoms with E-state index in [1.54, 1.807) is 5.57 Å². The molecule has 0 spiro atoms. The summed E-state index contributed by atoms with van der Waals surface area (Å²) in [6.45, 7) is 3.74. The minimum Gasteiger partial charge on any atom is -0.0985 e. The van der Waals surface area contributed by atoms with Crippen molar-refractivity contribution in [2.45, 2.75) is 19.3 Å². The van der Waals surface area contributed by atoms with Gasteiger partial charge in [-0.3, -0.25) is 0 Å². The highest BCUT2D eigenvalue weighted by Gasteiger charge is 2.05. The lowest BCUT2D eigenvalue weighted by Gasteiger charge is -2.13. The van der Waals surface area contributed by atoms with Crippen LogP contribution in [-0.2, 0) is 6.42 Å². The molecule has 1 aliphatic carbocycles. The first-order valence-electron chi connectivity index (χ1n) is 4.78. The number of hydrogen-bond donors (Lipinski definition) is 0. The van der Waals surface area contributed by atoms with Crippen molar-refractivity contribution in [3.05, 3.63) is 53.6 Å². The van der Waals surface area contributed by atoms with Crippen LogP contribution in [0.15, 0.2) is 42.5 Å². The van der Waals surface area contributed by atoms with Crippen molar-refractivity contribution in [3.8, 4) is 0 Å². The molecule has 1 aliphatic rings. The van der Waals surface area contributed by atoms with Crippen molar-refractivity contribution in [1.82, 2.24) is 0 Å². The molecule has 1 aromatic carbocycles. The summed E-state index contributed by atoms with van der Waals surface area (Å²) in [4.78, 5) is 0. The Morgan fingerprint density at radius 1 is 1.23 bits per heavy atom. The monoisotopic (exact) mass is 170 g/mol. The van der Waals surface area contributed by atoms with Crippen molar-refractivity contribution in [2.75, 3.05) is 0 Å². The number of allylic oxidation sites excluding steroid dienone is 2. The van der Waals surface area contributed by atoms with Gasteiger partial charge in [0, 0.05) is 0 Å². The lowest BCUT2D eigenvalue weighted by atomic mass is 9.92. The predicted octanol–water partition coefficient (Wildman–Crippen LogP) is 3.59. The molecule has 0 aliphatic heterocycles. The fourth-order valence-corrected chi connectivity index (χ4v) is 1.54. The maximum Gasteiger partial charge on any atom is -0.00670 e. The number of benzene rings is 1. The third-order valence-corrected chi connectivity index (χ3v) is 2.55. The van der Waals surface area contributed by atoms with Crippen LogP contribution in [0.2, 0.25) is 0 Å². The van der Waals surface area contributed by atoms with Gasteiger partial charge < -0.3 is 0 Å². The van der Waals surface area contributed by atoms with Crippen LogP contribution >= 0.6 is 0 Å². The lowest BCUT2D eigenvalue weighted by Crippen LogP contribution is -1.97. The van der Waals surface area contributed by atoms with E-state index in [-0.39, 0.29) is 0 Å². The fourth-order valence-electron chi connectivity index (χ4n) is 1.54. The highest BCUT2D eigenvalue weighted by molar-refractivity contribution is 5.47. The first-order chi connectivity index (χ1) is 6.38. The van der Waals surface area contributed by atoms with Gasteiger partial charge in [-0.15, -0.1) is 0 Å². The van der Waals surface area contributed by atoms with Crippen molar-refractivity contribution in [2.24, 2.45) is 0 Å². The molecule has 0 bridgehead atoms. The van der Waals surface area contributed by atoms with Crippen LogP contribution in [0.5, 0.6) is 0 Å². The third-order valence-electron chi connectivity index (χ3n) is 2.55. The molecule has 0 amide bonds. The molecule has 0 unspecified atom stereocenters. The first kappa shape index (κ1) is 8.31. The summed E-state index contributed by atoms with van der Waals surface area (Å²) in [5, 5.41) is 0. The summed E-state index contributed by atoms with van der Waals surface area (Å²) in [5.41, 5.74) is 4.20. The largest absolute Gasteiger partial charge is 0.0985 e. The van der Waals surface area contributed by atoms with E-state index in [0.717, 1.165) is 6.42 Å². The molecule has 0 atom stereocenters. The molecule has 0 nitrogen and oxygen atoms in total. The smallest absolute Gasteiger partial charge is 0.00670 e. The maximum atomic E-state index is 3.74. The Balaban J connectivity index is 2.08. The molecule has 0 N–H and O–H groups in total. The molecule has 0 heteroatoms. The Kier molecular flexibility index (Phi) is 2.31. The molecular formula is C13H14. The third kappa shape index (κ3) is 1.89. The van der Waals surface area contributed by atoms with E-state index in [2.05, 4.69) is 36.9 Å². The second kappa shape index (κ2) is 3.61. The first-order valence-corrected chi connectivity index (χ1v) is 4.78. The standard InChI is InChI=1S/C13H14/c1-2-11-6-8-13(9-7-11)10-12-4-3-5-12/h2,4,6-9H,1,3,5,10H2. The van der Waals surface area contributed by atoms with E-state index in [0.29, 0.717) is 0 Å². The van der Waals surface area contributed by atoms with Crippen LogP contribution in [0.3, 0.4) is 0 Å². The number of rotatable bonds is 3. The topological polar surface area (TPSA) is 0 Å². The van der Waals surface area contributed by atoms with E-state index in [9.17, 15) is 0 Å². The van der Waals surface area contributed by atoms with Gasteiger partial charge in [0.15, 0.2) is 0 Å². The van der Waals surface area contributed by atoms with Crippen molar-refractivity contribution in [1.29, 1.82) is 0 Å². The Bertz CT molecular complexity index is 328. The second-order valence-corrected chi connectivity index (χ2v) is 3.52. The van der Waals surface area contributed by atoms with E-state index in [1.165, 1.54) is 24.0 Å². The van der Waals surface area contributed by atoms with Gasteiger partial charge in [-0.05, 0) is 30.4 Å². The zero-order valence-electron chi connectivity index (χ0n) is 7.79. The minimum atomic E-state index is 1.14. The van der Waals surface area contributed by atoms with Crippen LogP contribution < -0.4 is 0 Å². The Morgan fingerprint density at radius 2 is 1.92 bits per heavy atom. The molecule has 0 heterocycles. The van der Waals surface area contributed by atoms with Gasteiger partial charge in [-0.2, -0.15) is 0 Å². The van der Waals surface area contributed by atoms with E-state index in [1.807, 2.05) is 6.08 Å². The summed E-state index contributed by atoms with van der Waals surface area (Å²) in [7, 11) is 0. The highest BCUT2D eigenvalue weighted by Crippen LogP contribution is 2.22. The molecule has 13 heavy (non-hydrogen) atoms. The van der Waals surface area contributed by atoms with Crippen LogP contribution in [0, 0.1) is 0 Å². The van der Waals surface area contributed by atoms with Gasteiger partial charge in [-0.25, -0.2) is 0 Å². The Labute approximate surface area is 79.6 Å². The van der Waals surface area contributed by atoms with Gasteiger partial charge in [-0.1, -0.05) is 48.6 Å². The second-order valence-electron chi connectivity index (χ2n) is 3.52. The molecular weight excluding hydrogens is 156 g/mol. The zero-order chi connectivity index (χ0) is 9.10. The van der Waals surface area contributed by atoms with Crippen LogP contribution in [0.1, 0.15) is 24.0 Å². The minimum absolute atomic E-state index is 1.14. The molecule has 0 saturated heterocycles. The lowest BCUT2D eigenvalue weighted by molar-refractivity contribution is 0.830. The van der Waals surface area contributed by atoms with Gasteiger partial charge in [0.2, 0.25) is 0 Å². The van der Waals surface area contributed by atoms with Crippen molar-refractivity contribution < 1.29 is 0 Å². The summed E-state index contributed by atoms with van der Waals surface area (Å²) in [6, 6.07) is 8.63. The van der Waals surface area contributed by atoms with Crippen LogP contribution in [0.4, 0.5) is 0 Å². The molecule has 0 saturated carbocycles. The van der Waals surface area contributed by atoms with Crippen molar-refractivity contribution >= 4 is 6.08 Å². The maximum absolute atomic E-state index is 3.74. The van der Waals surface area contributed by atoms with Gasteiger partial charge in [0.05, 0.1) is 0 Å². The SMILES string of the molecule is C=Cc1ccc(CC2=CCC2)cc1.